The van der Waals surface area contributed by atoms with E-state index in [1.54, 1.807) is 43.3 Å². The van der Waals surface area contributed by atoms with Crippen molar-refractivity contribution in [3.8, 4) is 0 Å². The summed E-state index contributed by atoms with van der Waals surface area (Å²) in [6, 6.07) is 15.8. The molecule has 3 aromatic rings. The maximum absolute atomic E-state index is 13.8. The second kappa shape index (κ2) is 16.9. The van der Waals surface area contributed by atoms with Crippen molar-refractivity contribution in [2.75, 3.05) is 13.2 Å². The van der Waals surface area contributed by atoms with Gasteiger partial charge in [-0.3, -0.25) is 4.79 Å². The molecule has 8 nitrogen and oxygen atoms in total. The van der Waals surface area contributed by atoms with E-state index < -0.39 is 45.8 Å². The van der Waals surface area contributed by atoms with Crippen molar-refractivity contribution in [1.29, 1.82) is 0 Å². The molecule has 48 heavy (non-hydrogen) atoms. The molecule has 0 heterocycles. The summed E-state index contributed by atoms with van der Waals surface area (Å²) in [5.41, 5.74) is 8.44. The molecule has 0 spiro atoms. The molecule has 5 N–H and O–H groups in total. The minimum atomic E-state index is -3.94. The maximum Gasteiger partial charge on any atom is 0.243 e. The lowest BCUT2D eigenvalue weighted by Crippen LogP contribution is -2.49. The lowest BCUT2D eigenvalue weighted by atomic mass is 9.84. The number of aliphatic hydroxyl groups excluding tert-OH is 2. The third-order valence-corrected chi connectivity index (χ3v) is 11.2. The number of halogens is 2. The second-order valence-corrected chi connectivity index (χ2v) is 15.3. The van der Waals surface area contributed by atoms with Gasteiger partial charge in [0.1, 0.15) is 11.6 Å². The summed E-state index contributed by atoms with van der Waals surface area (Å²) in [6.45, 7) is 5.53. The van der Waals surface area contributed by atoms with Crippen LogP contribution < -0.4 is 11.1 Å². The Bertz CT molecular complexity index is 1520. The molecule has 1 fully saturated rings. The summed E-state index contributed by atoms with van der Waals surface area (Å²) in [6.07, 6.45) is 3.28. The minimum Gasteiger partial charge on any atom is -0.395 e. The number of hydrogen-bond acceptors (Lipinski definition) is 6. The smallest absolute Gasteiger partial charge is 0.243 e. The van der Waals surface area contributed by atoms with Gasteiger partial charge in [-0.15, -0.1) is 0 Å². The van der Waals surface area contributed by atoms with Crippen molar-refractivity contribution < 1.29 is 32.2 Å². The van der Waals surface area contributed by atoms with Crippen LogP contribution in [-0.4, -0.2) is 60.1 Å². The average Bonchev–Trinajstić information content (AvgIpc) is 3.91. The van der Waals surface area contributed by atoms with Crippen molar-refractivity contribution in [1.82, 2.24) is 9.62 Å². The highest BCUT2D eigenvalue weighted by Crippen LogP contribution is 2.36. The summed E-state index contributed by atoms with van der Waals surface area (Å²) in [4.78, 5) is 13.7. The zero-order chi connectivity index (χ0) is 35.0. The van der Waals surface area contributed by atoms with Crippen molar-refractivity contribution >= 4 is 15.9 Å². The number of benzene rings is 3. The number of rotatable bonds is 18. The molecule has 1 aliphatic carbocycles. The topological polar surface area (TPSA) is 133 Å². The molecule has 0 saturated heterocycles. The Balaban J connectivity index is 1.47. The van der Waals surface area contributed by atoms with E-state index in [0.717, 1.165) is 12.8 Å². The van der Waals surface area contributed by atoms with Crippen LogP contribution in [0.3, 0.4) is 0 Å². The van der Waals surface area contributed by atoms with Gasteiger partial charge in [0.05, 0.1) is 23.6 Å². The monoisotopic (exact) mass is 685 g/mol. The predicted octanol–water partition coefficient (Wildman–Crippen LogP) is 5.64. The number of nitrogens with zero attached hydrogens (tertiary/aromatic N) is 1. The van der Waals surface area contributed by atoms with Gasteiger partial charge in [-0.25, -0.2) is 17.2 Å². The number of nitrogens with one attached hydrogen (secondary N) is 1. The number of nitrogens with two attached hydrogens (primary N) is 1. The van der Waals surface area contributed by atoms with Crippen LogP contribution in [0.4, 0.5) is 8.78 Å². The van der Waals surface area contributed by atoms with Crippen LogP contribution in [0.25, 0.3) is 0 Å². The normalized spacial score (nSPS) is 16.2. The van der Waals surface area contributed by atoms with E-state index in [4.69, 9.17) is 5.73 Å². The zero-order valence-corrected chi connectivity index (χ0v) is 28.8. The van der Waals surface area contributed by atoms with E-state index in [1.165, 1.54) is 40.7 Å². The van der Waals surface area contributed by atoms with Crippen LogP contribution in [-0.2, 0) is 14.8 Å². The van der Waals surface area contributed by atoms with Gasteiger partial charge in [-0.1, -0.05) is 50.2 Å². The van der Waals surface area contributed by atoms with Gasteiger partial charge in [0.2, 0.25) is 15.9 Å². The van der Waals surface area contributed by atoms with Gasteiger partial charge in [0, 0.05) is 24.5 Å². The fraction of sp³-hybridized carbons (Fsp3) is 0.486. The largest absolute Gasteiger partial charge is 0.395 e. The first-order chi connectivity index (χ1) is 22.8. The van der Waals surface area contributed by atoms with Crippen LogP contribution in [0.2, 0.25) is 0 Å². The van der Waals surface area contributed by atoms with Gasteiger partial charge in [-0.05, 0) is 110 Å². The Kier molecular flexibility index (Phi) is 13.3. The SMILES string of the molecule is CC(C)CCN([C@H](CO)CCC[C@@H](NC(=O)[C@@H](N)C(c1ccc(F)cc1)c1ccc(F)cc1)C1CC1)S(=O)(=O)c1ccc([C@@H](C)O)cc1. The molecule has 1 aliphatic rings. The predicted molar refractivity (Wildman–Crippen MR) is 182 cm³/mol. The summed E-state index contributed by atoms with van der Waals surface area (Å²) in [5, 5.41) is 23.4. The van der Waals surface area contributed by atoms with Crippen molar-refractivity contribution in [3.63, 3.8) is 0 Å². The third-order valence-electron chi connectivity index (χ3n) is 9.21. The van der Waals surface area contributed by atoms with Crippen LogP contribution in [0, 0.1) is 23.5 Å². The van der Waals surface area contributed by atoms with Gasteiger partial charge in [0.15, 0.2) is 0 Å². The van der Waals surface area contributed by atoms with Crippen molar-refractivity contribution in [2.45, 2.75) is 94.3 Å². The number of aliphatic hydroxyl groups is 2. The molecule has 0 aliphatic heterocycles. The van der Waals surface area contributed by atoms with Crippen LogP contribution >= 0.6 is 0 Å². The average molecular weight is 686 g/mol. The quantitative estimate of drug-likeness (QED) is 0.137. The van der Waals surface area contributed by atoms with Crippen LogP contribution in [0.5, 0.6) is 0 Å². The second-order valence-electron chi connectivity index (χ2n) is 13.4. The lowest BCUT2D eigenvalue weighted by molar-refractivity contribution is -0.123. The van der Waals surface area contributed by atoms with E-state index in [-0.39, 0.29) is 41.8 Å². The van der Waals surface area contributed by atoms with E-state index in [0.29, 0.717) is 42.4 Å². The van der Waals surface area contributed by atoms with Gasteiger partial charge in [0.25, 0.3) is 0 Å². The summed E-state index contributed by atoms with van der Waals surface area (Å²) < 4.78 is 56.5. The molecular weight excluding hydrogens is 636 g/mol. The molecule has 1 amide bonds. The Morgan fingerprint density at radius 1 is 0.875 bits per heavy atom. The lowest BCUT2D eigenvalue weighted by Gasteiger charge is -2.31. The number of carbonyl (C=O) groups excluding carboxylic acids is 1. The molecule has 262 valence electrons. The summed E-state index contributed by atoms with van der Waals surface area (Å²) in [5.74, 6) is -1.36. The molecular formula is C37H49F2N3O5S. The van der Waals surface area contributed by atoms with E-state index in [1.807, 2.05) is 13.8 Å². The molecule has 3 aromatic carbocycles. The van der Waals surface area contributed by atoms with E-state index >= 15 is 0 Å². The molecule has 1 saturated carbocycles. The summed E-state index contributed by atoms with van der Waals surface area (Å²) >= 11 is 0. The number of hydrogen-bond donors (Lipinski definition) is 4. The maximum atomic E-state index is 13.8. The Hall–Kier alpha value is -3.22. The van der Waals surface area contributed by atoms with Crippen molar-refractivity contribution in [2.24, 2.45) is 17.6 Å². The molecule has 0 bridgehead atoms. The standard InChI is InChI=1S/C37H49F2N3O5S/c1-24(2)21-22-42(48(46,47)33-19-13-26(14-20-33)25(3)44)32(23-43)5-4-6-34(27-7-8-27)41-37(45)36(40)35(28-9-15-30(38)16-10-28)29-11-17-31(39)18-12-29/h9-20,24-25,27,32,34-36,43-44H,4-8,21-23,40H2,1-3H3,(H,41,45)/t25-,32+,34-,36+/m1/s1. The number of sulfonamides is 1. The first kappa shape index (κ1) is 37.6. The van der Waals surface area contributed by atoms with E-state index in [9.17, 15) is 32.2 Å². The minimum absolute atomic E-state index is 0.100. The Morgan fingerprint density at radius 3 is 1.85 bits per heavy atom. The summed E-state index contributed by atoms with van der Waals surface area (Å²) in [7, 11) is -3.94. The number of carbonyl (C=O) groups is 1. The van der Waals surface area contributed by atoms with Crippen LogP contribution in [0.15, 0.2) is 77.7 Å². The van der Waals surface area contributed by atoms with Gasteiger partial charge < -0.3 is 21.3 Å². The third kappa shape index (κ3) is 9.92. The van der Waals surface area contributed by atoms with E-state index in [2.05, 4.69) is 5.32 Å². The Morgan fingerprint density at radius 2 is 1.40 bits per heavy atom. The first-order valence-corrected chi connectivity index (χ1v) is 18.2. The molecule has 0 aromatic heterocycles. The van der Waals surface area contributed by atoms with Crippen LogP contribution in [0.1, 0.15) is 88.0 Å². The highest BCUT2D eigenvalue weighted by atomic mass is 32.2. The molecule has 0 radical (unpaired) electrons. The molecule has 4 atom stereocenters. The zero-order valence-electron chi connectivity index (χ0n) is 27.9. The van der Waals surface area contributed by atoms with Crippen molar-refractivity contribution in [3.05, 3.63) is 101 Å². The number of amides is 1. The molecule has 4 rings (SSSR count). The van der Waals surface area contributed by atoms with Gasteiger partial charge in [-0.2, -0.15) is 4.31 Å². The van der Waals surface area contributed by atoms with Gasteiger partial charge >= 0.3 is 0 Å². The highest BCUT2D eigenvalue weighted by Gasteiger charge is 2.36. The highest BCUT2D eigenvalue weighted by molar-refractivity contribution is 7.89. The Labute approximate surface area is 283 Å². The molecule has 0 unspecified atom stereocenters. The first-order valence-electron chi connectivity index (χ1n) is 16.8. The molecule has 11 heteroatoms. The fourth-order valence-electron chi connectivity index (χ4n) is 6.14. The fourth-order valence-corrected chi connectivity index (χ4v) is 7.80.